The second kappa shape index (κ2) is 6.27. The monoisotopic (exact) mass is 350 g/mol. The quantitative estimate of drug-likeness (QED) is 0.435. The van der Waals surface area contributed by atoms with Crippen molar-refractivity contribution < 1.29 is 17.7 Å². The summed E-state index contributed by atoms with van der Waals surface area (Å²) >= 11 is 1.54. The first kappa shape index (κ1) is 15.9. The summed E-state index contributed by atoms with van der Waals surface area (Å²) in [6.45, 7) is 0.0531. The molecule has 0 atom stereocenters. The van der Waals surface area contributed by atoms with Crippen molar-refractivity contribution in [1.82, 2.24) is 0 Å². The molecule has 0 radical (unpaired) electrons. The Labute approximate surface area is 137 Å². The molecule has 0 spiro atoms. The summed E-state index contributed by atoms with van der Waals surface area (Å²) in [6, 6.07) is 13.1. The van der Waals surface area contributed by atoms with E-state index in [1.165, 1.54) is 11.3 Å². The molecule has 3 rings (SSSR count). The maximum Gasteiger partial charge on any atom is 0.264 e. The number of hydrogen-bond donors (Lipinski definition) is 1. The molecule has 1 aromatic carbocycles. The Morgan fingerprint density at radius 1 is 1.13 bits per heavy atom. The van der Waals surface area contributed by atoms with E-state index in [9.17, 15) is 13.2 Å². The van der Waals surface area contributed by atoms with Crippen molar-refractivity contribution in [3.8, 4) is 16.2 Å². The summed E-state index contributed by atoms with van der Waals surface area (Å²) in [7, 11) is -4.00. The molecule has 0 saturated heterocycles. The highest BCUT2D eigenvalue weighted by Gasteiger charge is 2.13. The molecular formula is C16H14O5S2. The van der Waals surface area contributed by atoms with Crippen LogP contribution >= 0.6 is 11.3 Å². The molecule has 0 aromatic heterocycles. The van der Waals surface area contributed by atoms with Crippen molar-refractivity contribution in [2.75, 3.05) is 12.4 Å². The van der Waals surface area contributed by atoms with Gasteiger partial charge in [0.05, 0.1) is 12.4 Å². The maximum atomic E-state index is 12.5. The fourth-order valence-electron chi connectivity index (χ4n) is 2.29. The van der Waals surface area contributed by atoms with Gasteiger partial charge < -0.3 is 4.74 Å². The number of ether oxygens (including phenoxy) is 1. The minimum absolute atomic E-state index is 0.0531. The minimum Gasteiger partial charge on any atom is -0.489 e. The Balaban J connectivity index is 1.88. The van der Waals surface area contributed by atoms with Gasteiger partial charge in [-0.2, -0.15) is 8.42 Å². The topological polar surface area (TPSA) is 80.7 Å². The second-order valence-corrected chi connectivity index (χ2v) is 7.73. The molecule has 7 heteroatoms. The van der Waals surface area contributed by atoms with E-state index in [0.29, 0.717) is 5.56 Å². The second-order valence-electron chi connectivity index (χ2n) is 5.08. The highest BCUT2D eigenvalue weighted by atomic mass is 32.2. The molecule has 0 unspecified atom stereocenters. The number of rotatable bonds is 5. The lowest BCUT2D eigenvalue weighted by atomic mass is 10.1. The largest absolute Gasteiger partial charge is 0.489 e. The van der Waals surface area contributed by atoms with Crippen molar-refractivity contribution in [2.45, 2.75) is 6.42 Å². The van der Waals surface area contributed by atoms with Gasteiger partial charge in [-0.25, -0.2) is 0 Å². The summed E-state index contributed by atoms with van der Waals surface area (Å²) in [5.74, 6) is -0.197. The van der Waals surface area contributed by atoms with Crippen LogP contribution in [0.4, 0.5) is 0 Å². The van der Waals surface area contributed by atoms with E-state index in [4.69, 9.17) is 9.29 Å². The van der Waals surface area contributed by atoms with Crippen LogP contribution < -0.4 is 10.2 Å². The summed E-state index contributed by atoms with van der Waals surface area (Å²) in [4.78, 5) is 13.4. The van der Waals surface area contributed by atoms with E-state index in [1.807, 2.05) is 36.4 Å². The molecule has 1 aromatic rings. The van der Waals surface area contributed by atoms with Crippen LogP contribution in [-0.2, 0) is 10.1 Å². The average molecular weight is 350 g/mol. The highest BCUT2D eigenvalue weighted by molar-refractivity contribution is 7.85. The average Bonchev–Trinajstić information content (AvgIpc) is 2.51. The SMILES string of the molecule is O=c1c(OCCCS(=O)(=O)O)ccc2sc3ccccc3cc1-2. The van der Waals surface area contributed by atoms with Gasteiger partial charge in [0.2, 0.25) is 5.43 Å². The van der Waals surface area contributed by atoms with Gasteiger partial charge in [-0.05, 0) is 36.1 Å². The van der Waals surface area contributed by atoms with E-state index in [-0.39, 0.29) is 30.0 Å². The predicted molar refractivity (Wildman–Crippen MR) is 91.2 cm³/mol. The first-order valence-electron chi connectivity index (χ1n) is 6.98. The van der Waals surface area contributed by atoms with Crippen LogP contribution in [0, 0.1) is 0 Å². The molecule has 1 aliphatic heterocycles. The smallest absolute Gasteiger partial charge is 0.264 e. The fourth-order valence-corrected chi connectivity index (χ4v) is 3.80. The fraction of sp³-hybridized carbons (Fsp3) is 0.188. The van der Waals surface area contributed by atoms with Crippen molar-refractivity contribution in [2.24, 2.45) is 0 Å². The lowest BCUT2D eigenvalue weighted by molar-refractivity contribution is 0.313. The predicted octanol–water partition coefficient (Wildman–Crippen LogP) is 3.02. The van der Waals surface area contributed by atoms with Crippen LogP contribution in [0.25, 0.3) is 20.5 Å². The normalized spacial score (nSPS) is 11.9. The Bertz CT molecular complexity index is 975. The molecule has 0 amide bonds. The van der Waals surface area contributed by atoms with Crippen molar-refractivity contribution >= 4 is 31.5 Å². The van der Waals surface area contributed by atoms with Gasteiger partial charge in [-0.15, -0.1) is 11.3 Å². The third-order valence-electron chi connectivity index (χ3n) is 3.36. The number of benzene rings is 2. The van der Waals surface area contributed by atoms with Crippen molar-refractivity contribution in [3.63, 3.8) is 0 Å². The Hall–Kier alpha value is -1.96. The Kier molecular flexibility index (Phi) is 4.34. The third-order valence-corrected chi connectivity index (χ3v) is 5.34. The minimum atomic E-state index is -4.00. The van der Waals surface area contributed by atoms with Crippen LogP contribution in [0.15, 0.2) is 47.3 Å². The van der Waals surface area contributed by atoms with E-state index < -0.39 is 10.1 Å². The summed E-state index contributed by atoms with van der Waals surface area (Å²) in [5.41, 5.74) is 0.373. The third kappa shape index (κ3) is 3.69. The Morgan fingerprint density at radius 2 is 1.91 bits per heavy atom. The molecule has 2 aliphatic rings. The zero-order chi connectivity index (χ0) is 16.4. The van der Waals surface area contributed by atoms with Crippen molar-refractivity contribution in [3.05, 3.63) is 52.7 Å². The Morgan fingerprint density at radius 3 is 2.70 bits per heavy atom. The summed E-state index contributed by atoms with van der Waals surface area (Å²) in [6.07, 6.45) is 0.122. The van der Waals surface area contributed by atoms with Crippen LogP contribution in [-0.4, -0.2) is 25.3 Å². The van der Waals surface area contributed by atoms with Crippen LogP contribution in [0.1, 0.15) is 6.42 Å². The van der Waals surface area contributed by atoms with Gasteiger partial charge in [-0.1, -0.05) is 18.2 Å². The zero-order valence-corrected chi connectivity index (χ0v) is 13.7. The van der Waals surface area contributed by atoms with E-state index in [0.717, 1.165) is 15.0 Å². The van der Waals surface area contributed by atoms with Crippen LogP contribution in [0.5, 0.6) is 5.75 Å². The molecular weight excluding hydrogens is 336 g/mol. The molecule has 5 nitrogen and oxygen atoms in total. The molecule has 1 heterocycles. The van der Waals surface area contributed by atoms with E-state index >= 15 is 0 Å². The van der Waals surface area contributed by atoms with Crippen LogP contribution in [0.2, 0.25) is 0 Å². The van der Waals surface area contributed by atoms with Crippen LogP contribution in [0.3, 0.4) is 0 Å². The first-order chi connectivity index (χ1) is 10.9. The molecule has 120 valence electrons. The maximum absolute atomic E-state index is 12.5. The molecule has 0 fully saturated rings. The molecule has 1 aliphatic carbocycles. The molecule has 0 saturated carbocycles. The molecule has 1 N–H and O–H groups in total. The van der Waals surface area contributed by atoms with Gasteiger partial charge in [0, 0.05) is 15.1 Å². The lowest BCUT2D eigenvalue weighted by Crippen LogP contribution is -2.13. The first-order valence-corrected chi connectivity index (χ1v) is 9.40. The standard InChI is InChI=1S/C16H14O5S2/c17-16-12-10-11-4-1-2-5-14(11)22-15(12)7-6-13(16)21-8-3-9-23(18,19)20/h1-2,4-7,10H,3,8-9H2,(H,18,19,20). The van der Waals surface area contributed by atoms with Gasteiger partial charge in [-0.3, -0.25) is 9.35 Å². The van der Waals surface area contributed by atoms with Gasteiger partial charge in [0.1, 0.15) is 0 Å². The van der Waals surface area contributed by atoms with E-state index in [2.05, 4.69) is 0 Å². The van der Waals surface area contributed by atoms with Gasteiger partial charge >= 0.3 is 0 Å². The number of fused-ring (bicyclic) bond motifs is 2. The lowest BCUT2D eigenvalue weighted by Gasteiger charge is -2.10. The molecule has 0 bridgehead atoms. The summed E-state index contributed by atoms with van der Waals surface area (Å²) < 4.78 is 36.4. The van der Waals surface area contributed by atoms with Gasteiger partial charge in [0.15, 0.2) is 5.75 Å². The summed E-state index contributed by atoms with van der Waals surface area (Å²) in [5, 5.41) is 0.991. The zero-order valence-electron chi connectivity index (χ0n) is 12.1. The van der Waals surface area contributed by atoms with E-state index in [1.54, 1.807) is 6.07 Å². The molecule has 23 heavy (non-hydrogen) atoms. The number of hydrogen-bond acceptors (Lipinski definition) is 5. The highest BCUT2D eigenvalue weighted by Crippen LogP contribution is 2.32. The van der Waals surface area contributed by atoms with Gasteiger partial charge in [0.25, 0.3) is 10.1 Å². The van der Waals surface area contributed by atoms with Crippen molar-refractivity contribution in [1.29, 1.82) is 0 Å².